The predicted octanol–water partition coefficient (Wildman–Crippen LogP) is 3.44. The largest absolute Gasteiger partial charge is 0.507 e. The lowest BCUT2D eigenvalue weighted by atomic mass is 9.60. The number of esters is 1. The number of pyridine rings is 1. The number of ether oxygens (including phenoxy) is 4. The number of aliphatic hydroxyl groups is 1. The van der Waals surface area contributed by atoms with Gasteiger partial charge in [0.05, 0.1) is 28.9 Å². The number of nitrogens with one attached hydrogen (secondary N) is 1. The highest BCUT2D eigenvalue weighted by molar-refractivity contribution is 6.20. The maximum atomic E-state index is 14.2. The fraction of sp³-hybridized carbons (Fsp3) is 0.343. The van der Waals surface area contributed by atoms with E-state index in [1.165, 1.54) is 19.2 Å². The fourth-order valence-corrected chi connectivity index (χ4v) is 7.45. The average molecular weight is 641 g/mol. The van der Waals surface area contributed by atoms with E-state index in [0.717, 1.165) is 0 Å². The van der Waals surface area contributed by atoms with Gasteiger partial charge in [0.25, 0.3) is 5.56 Å². The van der Waals surface area contributed by atoms with Gasteiger partial charge in [-0.15, -0.1) is 0 Å². The summed E-state index contributed by atoms with van der Waals surface area (Å²) in [6.45, 7) is 3.23. The zero-order valence-electron chi connectivity index (χ0n) is 25.8. The third-order valence-corrected chi connectivity index (χ3v) is 9.42. The van der Waals surface area contributed by atoms with Crippen LogP contribution in [0.25, 0.3) is 0 Å². The van der Waals surface area contributed by atoms with Gasteiger partial charge in [-0.2, -0.15) is 0 Å². The number of carbonyl (C=O) groups is 3. The molecule has 0 radical (unpaired) electrons. The van der Waals surface area contributed by atoms with Crippen molar-refractivity contribution >= 4 is 23.2 Å². The number of hydrogen-bond acceptors (Lipinski definition) is 11. The lowest BCUT2D eigenvalue weighted by Gasteiger charge is -2.48. The van der Waals surface area contributed by atoms with E-state index in [2.05, 4.69) is 9.98 Å². The fourth-order valence-electron chi connectivity index (χ4n) is 7.45. The van der Waals surface area contributed by atoms with Gasteiger partial charge in [-0.25, -0.2) is 4.79 Å². The van der Waals surface area contributed by atoms with Crippen molar-refractivity contribution < 1.29 is 43.5 Å². The summed E-state index contributed by atoms with van der Waals surface area (Å²) in [7, 11) is 1.53. The molecular weight excluding hydrogens is 608 g/mol. The number of aryl methyl sites for hydroxylation is 1. The number of carbonyl (C=O) groups excluding carboxylic acids is 3. The molecular formula is C35H32N2O10. The number of nitrogens with zero attached hydrogens (tertiary/aromatic N) is 1. The first-order valence-electron chi connectivity index (χ1n) is 15.3. The standard InChI is InChI=1S/C35H32N2O10/c1-4-5-6-7-8-12-22(38)46-20-11-9-10-17-27(36-3)25-29(40)26-24-21(44-15-45-31(24)32(25)47-30(17)20)14-19-28(39)18-13-16(2)37-34(42)23(18)33(41)35(19,26)43/h4-9,11-13,17,19-21,30,40,43H,10,14-15H2,1-3H3,(H,37,42)/b5-4+,7-6+,12-8+,36-27?/t17-,19+,20+,21+,30-,35+/m0/s1. The van der Waals surface area contributed by atoms with Crippen molar-refractivity contribution in [3.8, 4) is 17.2 Å². The van der Waals surface area contributed by atoms with Crippen LogP contribution in [0, 0.1) is 18.8 Å². The van der Waals surface area contributed by atoms with E-state index in [0.29, 0.717) is 17.8 Å². The number of fused-ring (bicyclic) bond motifs is 6. The second kappa shape index (κ2) is 11.3. The topological polar surface area (TPSA) is 174 Å². The van der Waals surface area contributed by atoms with Crippen LogP contribution < -0.4 is 15.0 Å². The highest BCUT2D eigenvalue weighted by atomic mass is 16.7. The van der Waals surface area contributed by atoms with Gasteiger partial charge in [-0.3, -0.25) is 19.4 Å². The van der Waals surface area contributed by atoms with Crippen LogP contribution in [0.4, 0.5) is 0 Å². The van der Waals surface area contributed by atoms with Crippen LogP contribution in [0.2, 0.25) is 0 Å². The summed E-state index contributed by atoms with van der Waals surface area (Å²) in [6.07, 6.45) is 11.4. The van der Waals surface area contributed by atoms with Crippen molar-refractivity contribution in [3.63, 3.8) is 0 Å². The Morgan fingerprint density at radius 3 is 2.70 bits per heavy atom. The summed E-state index contributed by atoms with van der Waals surface area (Å²) in [5.41, 5.74) is -3.28. The molecule has 3 aliphatic carbocycles. The average Bonchev–Trinajstić information content (AvgIpc) is 3.05. The Balaban J connectivity index is 1.36. The van der Waals surface area contributed by atoms with Crippen LogP contribution in [0.5, 0.6) is 17.2 Å². The lowest BCUT2D eigenvalue weighted by Crippen LogP contribution is -2.56. The number of rotatable bonds is 4. The number of phenolic OH excluding ortho intramolecular Hbond substituents is 1. The normalized spacial score (nSPS) is 29.6. The Hall–Kier alpha value is -5.07. The second-order valence-corrected chi connectivity index (χ2v) is 12.0. The Labute approximate surface area is 268 Å². The summed E-state index contributed by atoms with van der Waals surface area (Å²) >= 11 is 0. The molecule has 0 bridgehead atoms. The minimum atomic E-state index is -2.61. The molecule has 242 valence electrons. The van der Waals surface area contributed by atoms with E-state index in [1.807, 2.05) is 25.2 Å². The van der Waals surface area contributed by atoms with Gasteiger partial charge in [0.15, 0.2) is 35.8 Å². The minimum Gasteiger partial charge on any atom is -0.507 e. The first-order chi connectivity index (χ1) is 22.6. The highest BCUT2D eigenvalue weighted by Crippen LogP contribution is 2.62. The molecule has 2 aliphatic heterocycles. The first-order valence-corrected chi connectivity index (χ1v) is 15.3. The molecule has 2 aromatic rings. The van der Waals surface area contributed by atoms with Gasteiger partial charge in [-0.1, -0.05) is 36.5 Å². The molecule has 0 saturated carbocycles. The maximum absolute atomic E-state index is 14.2. The van der Waals surface area contributed by atoms with Crippen LogP contribution >= 0.6 is 0 Å². The zero-order valence-corrected chi connectivity index (χ0v) is 25.8. The number of ketones is 2. The first kappa shape index (κ1) is 30.6. The molecule has 1 aromatic heterocycles. The Kier molecular flexibility index (Phi) is 7.36. The van der Waals surface area contributed by atoms with E-state index in [-0.39, 0.29) is 47.0 Å². The molecule has 12 heteroatoms. The van der Waals surface area contributed by atoms with Crippen molar-refractivity contribution in [3.05, 3.63) is 98.5 Å². The Morgan fingerprint density at radius 2 is 1.94 bits per heavy atom. The number of aromatic nitrogens is 1. The summed E-state index contributed by atoms with van der Waals surface area (Å²) in [5, 5.41) is 24.4. The molecule has 47 heavy (non-hydrogen) atoms. The Bertz CT molecular complexity index is 1950. The highest BCUT2D eigenvalue weighted by Gasteiger charge is 2.62. The van der Waals surface area contributed by atoms with Crippen molar-refractivity contribution in [2.24, 2.45) is 16.8 Å². The number of Topliss-reactive ketones (excluding diaryl/α,β-unsaturated/α-hetero) is 2. The van der Waals surface area contributed by atoms with Gasteiger partial charge in [-0.05, 0) is 38.8 Å². The molecule has 0 unspecified atom stereocenters. The van der Waals surface area contributed by atoms with Gasteiger partial charge < -0.3 is 34.1 Å². The lowest BCUT2D eigenvalue weighted by molar-refractivity contribution is -0.146. The van der Waals surface area contributed by atoms with Crippen LogP contribution in [0.1, 0.15) is 69.0 Å². The van der Waals surface area contributed by atoms with Crippen molar-refractivity contribution in [1.29, 1.82) is 0 Å². The van der Waals surface area contributed by atoms with Gasteiger partial charge in [0.1, 0.15) is 11.9 Å². The third-order valence-electron chi connectivity index (χ3n) is 9.42. The molecule has 0 fully saturated rings. The van der Waals surface area contributed by atoms with Gasteiger partial charge in [0, 0.05) is 41.4 Å². The van der Waals surface area contributed by atoms with Crippen molar-refractivity contribution in [1.82, 2.24) is 4.98 Å². The second-order valence-electron chi connectivity index (χ2n) is 12.0. The number of aromatic hydroxyl groups is 1. The zero-order chi connectivity index (χ0) is 33.2. The molecule has 6 atom stereocenters. The minimum absolute atomic E-state index is 0.0791. The van der Waals surface area contributed by atoms with Crippen LogP contribution in [-0.2, 0) is 19.9 Å². The monoisotopic (exact) mass is 640 g/mol. The molecule has 5 aliphatic rings. The smallest absolute Gasteiger partial charge is 0.331 e. The number of allylic oxidation sites excluding steroid dienone is 6. The number of aliphatic imine (C=N–C) groups is 1. The maximum Gasteiger partial charge on any atom is 0.331 e. The van der Waals surface area contributed by atoms with Gasteiger partial charge >= 0.3 is 5.97 Å². The number of hydrogen-bond donors (Lipinski definition) is 3. The molecule has 12 nitrogen and oxygen atoms in total. The summed E-state index contributed by atoms with van der Waals surface area (Å²) in [4.78, 5) is 60.8. The van der Waals surface area contributed by atoms with E-state index in [4.69, 9.17) is 18.9 Å². The molecule has 1 aromatic carbocycles. The molecule has 0 spiro atoms. The van der Waals surface area contributed by atoms with Crippen LogP contribution in [0.15, 0.2) is 64.5 Å². The number of H-pyrrole nitrogens is 1. The molecule has 0 amide bonds. The van der Waals surface area contributed by atoms with E-state index >= 15 is 0 Å². The molecule has 3 N–H and O–H groups in total. The van der Waals surface area contributed by atoms with E-state index < -0.39 is 70.2 Å². The third kappa shape index (κ3) is 4.46. The predicted molar refractivity (Wildman–Crippen MR) is 167 cm³/mol. The molecule has 0 saturated heterocycles. The summed E-state index contributed by atoms with van der Waals surface area (Å²) in [5.74, 6) is -4.40. The SMILES string of the molecule is C/C=C/C=C/C=C/C(=O)O[C@@H]1C=CC[C@H]2C(=NC)c3c(O)c4c5c(c3O[C@H]12)OCO[C@@H]5C[C@@H]1C(=O)c2cc(C)[nH]c(=O)c2C(=O)[C@]41O. The number of aromatic amines is 1. The quantitative estimate of drug-likeness (QED) is 0.194. The number of benzene rings is 1. The van der Waals surface area contributed by atoms with E-state index in [1.54, 1.807) is 31.2 Å². The number of phenols is 1. The van der Waals surface area contributed by atoms with Crippen LogP contribution in [-0.4, -0.2) is 64.5 Å². The van der Waals surface area contributed by atoms with Crippen molar-refractivity contribution in [2.75, 3.05) is 13.8 Å². The molecule has 7 rings (SSSR count). The van der Waals surface area contributed by atoms with Crippen molar-refractivity contribution in [2.45, 2.75) is 50.6 Å². The summed E-state index contributed by atoms with van der Waals surface area (Å²) < 4.78 is 24.1. The summed E-state index contributed by atoms with van der Waals surface area (Å²) in [6, 6.07) is 1.42. The van der Waals surface area contributed by atoms with E-state index in [9.17, 15) is 29.4 Å². The molecule has 3 heterocycles. The van der Waals surface area contributed by atoms with Gasteiger partial charge in [0.2, 0.25) is 5.78 Å². The van der Waals surface area contributed by atoms with Crippen LogP contribution in [0.3, 0.4) is 0 Å². The Morgan fingerprint density at radius 1 is 1.15 bits per heavy atom.